The van der Waals surface area contributed by atoms with E-state index in [-0.39, 0.29) is 18.1 Å². The molecular weight excluding hydrogens is 202 g/mol. The van der Waals surface area contributed by atoms with Gasteiger partial charge in [-0.3, -0.25) is 0 Å². The molecule has 1 saturated heterocycles. The second-order valence-corrected chi connectivity index (χ2v) is 5.79. The van der Waals surface area contributed by atoms with Gasteiger partial charge in [-0.25, -0.2) is 0 Å². The van der Waals surface area contributed by atoms with E-state index >= 15 is 0 Å². The predicted molar refractivity (Wildman–Crippen MR) is 66.3 cm³/mol. The number of nitrogens with zero attached hydrogens (tertiary/aromatic N) is 1. The van der Waals surface area contributed by atoms with E-state index in [1.165, 1.54) is 0 Å². The Balaban J connectivity index is 2.46. The molecular formula is C13H27NO2. The minimum absolute atomic E-state index is 0.00491. The molecule has 1 heterocycles. The first-order chi connectivity index (χ1) is 7.50. The van der Waals surface area contributed by atoms with Crippen molar-refractivity contribution in [1.82, 2.24) is 4.90 Å². The van der Waals surface area contributed by atoms with Crippen LogP contribution in [-0.4, -0.2) is 47.5 Å². The van der Waals surface area contributed by atoms with E-state index < -0.39 is 0 Å². The van der Waals surface area contributed by atoms with Gasteiger partial charge in [0.05, 0.1) is 6.10 Å². The van der Waals surface area contributed by atoms with Crippen LogP contribution in [0.2, 0.25) is 0 Å². The fourth-order valence-electron chi connectivity index (χ4n) is 2.61. The molecule has 3 atom stereocenters. The van der Waals surface area contributed by atoms with Gasteiger partial charge in [-0.15, -0.1) is 0 Å². The number of piperidine rings is 1. The summed E-state index contributed by atoms with van der Waals surface area (Å²) in [5.74, 6) is 0.419. The normalized spacial score (nSPS) is 31.3. The van der Waals surface area contributed by atoms with Gasteiger partial charge in [0.25, 0.3) is 0 Å². The van der Waals surface area contributed by atoms with Crippen molar-refractivity contribution in [2.45, 2.75) is 46.1 Å². The second-order valence-electron chi connectivity index (χ2n) is 5.79. The zero-order valence-corrected chi connectivity index (χ0v) is 10.9. The van der Waals surface area contributed by atoms with Crippen LogP contribution in [0.1, 0.15) is 40.0 Å². The summed E-state index contributed by atoms with van der Waals surface area (Å²) in [6, 6.07) is 0. The lowest BCUT2D eigenvalue weighted by Crippen LogP contribution is -2.47. The van der Waals surface area contributed by atoms with E-state index in [2.05, 4.69) is 25.7 Å². The van der Waals surface area contributed by atoms with Crippen LogP contribution in [0, 0.1) is 11.3 Å². The number of rotatable bonds is 5. The molecule has 0 saturated carbocycles. The average Bonchev–Trinajstić information content (AvgIpc) is 2.24. The van der Waals surface area contributed by atoms with Crippen molar-refractivity contribution in [3.8, 4) is 0 Å². The SMILES string of the molecule is CCCC(C)(CO)CN1CCC(C)C(O)C1. The summed E-state index contributed by atoms with van der Waals surface area (Å²) in [5, 5.41) is 19.3. The van der Waals surface area contributed by atoms with Gasteiger partial charge in [0.1, 0.15) is 0 Å². The summed E-state index contributed by atoms with van der Waals surface area (Å²) in [5.41, 5.74) is -0.00491. The molecule has 3 unspecified atom stereocenters. The number of aliphatic hydroxyl groups excluding tert-OH is 2. The summed E-state index contributed by atoms with van der Waals surface area (Å²) in [4.78, 5) is 2.30. The van der Waals surface area contributed by atoms with Gasteiger partial charge in [0.2, 0.25) is 0 Å². The lowest BCUT2D eigenvalue weighted by Gasteiger charge is -2.39. The molecule has 0 bridgehead atoms. The van der Waals surface area contributed by atoms with Crippen LogP contribution in [0.15, 0.2) is 0 Å². The molecule has 0 radical (unpaired) electrons. The molecule has 0 aromatic rings. The van der Waals surface area contributed by atoms with Gasteiger partial charge in [-0.2, -0.15) is 0 Å². The predicted octanol–water partition coefficient (Wildman–Crippen LogP) is 1.49. The Labute approximate surface area is 99.5 Å². The number of hydrogen-bond donors (Lipinski definition) is 2. The smallest absolute Gasteiger partial charge is 0.0693 e. The van der Waals surface area contributed by atoms with E-state index in [1.54, 1.807) is 0 Å². The molecule has 0 spiro atoms. The molecule has 0 aliphatic carbocycles. The first-order valence-electron chi connectivity index (χ1n) is 6.52. The first kappa shape index (κ1) is 13.9. The van der Waals surface area contributed by atoms with Gasteiger partial charge in [0.15, 0.2) is 0 Å². The van der Waals surface area contributed by atoms with Crippen molar-refractivity contribution < 1.29 is 10.2 Å². The summed E-state index contributed by atoms with van der Waals surface area (Å²) >= 11 is 0. The van der Waals surface area contributed by atoms with E-state index in [0.717, 1.165) is 38.9 Å². The number of hydrogen-bond acceptors (Lipinski definition) is 3. The molecule has 0 aromatic heterocycles. The van der Waals surface area contributed by atoms with Gasteiger partial charge in [0, 0.05) is 25.1 Å². The summed E-state index contributed by atoms with van der Waals surface area (Å²) in [6.45, 7) is 9.36. The van der Waals surface area contributed by atoms with Gasteiger partial charge in [-0.1, -0.05) is 27.2 Å². The highest BCUT2D eigenvalue weighted by Gasteiger charge is 2.30. The summed E-state index contributed by atoms with van der Waals surface area (Å²) in [6.07, 6.45) is 3.02. The van der Waals surface area contributed by atoms with Crippen LogP contribution in [-0.2, 0) is 0 Å². The maximum atomic E-state index is 9.84. The second kappa shape index (κ2) is 5.99. The Hall–Kier alpha value is -0.120. The fourth-order valence-corrected chi connectivity index (χ4v) is 2.61. The van der Waals surface area contributed by atoms with Crippen molar-refractivity contribution in [1.29, 1.82) is 0 Å². The number of β-amino-alcohol motifs (C(OH)–C–C–N with tert-alkyl or cyclic N) is 1. The minimum Gasteiger partial charge on any atom is -0.396 e. The van der Waals surface area contributed by atoms with Gasteiger partial charge >= 0.3 is 0 Å². The lowest BCUT2D eigenvalue weighted by molar-refractivity contribution is -0.000910. The van der Waals surface area contributed by atoms with E-state index in [4.69, 9.17) is 0 Å². The topological polar surface area (TPSA) is 43.7 Å². The molecule has 1 rings (SSSR count). The zero-order valence-electron chi connectivity index (χ0n) is 10.9. The van der Waals surface area contributed by atoms with Crippen LogP contribution in [0.3, 0.4) is 0 Å². The van der Waals surface area contributed by atoms with Crippen molar-refractivity contribution >= 4 is 0 Å². The first-order valence-corrected chi connectivity index (χ1v) is 6.52. The Morgan fingerprint density at radius 3 is 2.62 bits per heavy atom. The highest BCUT2D eigenvalue weighted by molar-refractivity contribution is 4.83. The molecule has 0 aromatic carbocycles. The molecule has 1 aliphatic heterocycles. The van der Waals surface area contributed by atoms with Crippen LogP contribution in [0.25, 0.3) is 0 Å². The Bertz CT molecular complexity index is 210. The molecule has 1 aliphatic rings. The fraction of sp³-hybridized carbons (Fsp3) is 1.00. The maximum absolute atomic E-state index is 9.84. The Morgan fingerprint density at radius 2 is 2.12 bits per heavy atom. The lowest BCUT2D eigenvalue weighted by atomic mass is 9.84. The van der Waals surface area contributed by atoms with Gasteiger partial charge < -0.3 is 15.1 Å². The maximum Gasteiger partial charge on any atom is 0.0693 e. The third-order valence-corrected chi connectivity index (χ3v) is 3.84. The van der Waals surface area contributed by atoms with E-state index in [1.807, 2.05) is 0 Å². The Morgan fingerprint density at radius 1 is 1.44 bits per heavy atom. The van der Waals surface area contributed by atoms with Crippen molar-refractivity contribution in [3.63, 3.8) is 0 Å². The van der Waals surface area contributed by atoms with Crippen molar-refractivity contribution in [3.05, 3.63) is 0 Å². The molecule has 3 heteroatoms. The molecule has 16 heavy (non-hydrogen) atoms. The number of likely N-dealkylation sites (tertiary alicyclic amines) is 1. The molecule has 0 amide bonds. The monoisotopic (exact) mass is 229 g/mol. The summed E-state index contributed by atoms with van der Waals surface area (Å²) < 4.78 is 0. The van der Waals surface area contributed by atoms with Gasteiger partial charge in [-0.05, 0) is 25.3 Å². The van der Waals surface area contributed by atoms with E-state index in [9.17, 15) is 10.2 Å². The molecule has 2 N–H and O–H groups in total. The van der Waals surface area contributed by atoms with Crippen LogP contribution in [0.5, 0.6) is 0 Å². The largest absolute Gasteiger partial charge is 0.396 e. The summed E-state index contributed by atoms with van der Waals surface area (Å²) in [7, 11) is 0. The molecule has 3 nitrogen and oxygen atoms in total. The van der Waals surface area contributed by atoms with Crippen molar-refractivity contribution in [2.24, 2.45) is 11.3 Å². The third-order valence-electron chi connectivity index (χ3n) is 3.84. The van der Waals surface area contributed by atoms with E-state index in [0.29, 0.717) is 5.92 Å². The minimum atomic E-state index is -0.196. The Kier molecular flexibility index (Phi) is 5.22. The quantitative estimate of drug-likeness (QED) is 0.750. The zero-order chi connectivity index (χ0) is 12.2. The molecule has 1 fully saturated rings. The third kappa shape index (κ3) is 3.72. The van der Waals surface area contributed by atoms with Crippen LogP contribution < -0.4 is 0 Å². The van der Waals surface area contributed by atoms with Crippen LogP contribution in [0.4, 0.5) is 0 Å². The standard InChI is InChI=1S/C13H27NO2/c1-4-6-13(3,10-15)9-14-7-5-11(2)12(16)8-14/h11-12,15-16H,4-10H2,1-3H3. The van der Waals surface area contributed by atoms with Crippen LogP contribution >= 0.6 is 0 Å². The highest BCUT2D eigenvalue weighted by Crippen LogP contribution is 2.26. The average molecular weight is 229 g/mol. The number of aliphatic hydroxyl groups is 2. The highest BCUT2D eigenvalue weighted by atomic mass is 16.3. The molecule has 96 valence electrons. The van der Waals surface area contributed by atoms with Crippen molar-refractivity contribution in [2.75, 3.05) is 26.2 Å².